The molecule has 1 aromatic heterocycles. The quantitative estimate of drug-likeness (QED) is 0.499. The van der Waals surface area contributed by atoms with Crippen LogP contribution in [0.25, 0.3) is 0 Å². The first-order chi connectivity index (χ1) is 7.32. The molecule has 1 N–H and O–H groups in total. The predicted octanol–water partition coefficient (Wildman–Crippen LogP) is 1.82. The van der Waals surface area contributed by atoms with E-state index in [0.29, 0.717) is 0 Å². The van der Waals surface area contributed by atoms with Gasteiger partial charge in [-0.2, -0.15) is 13.2 Å². The molecule has 0 spiro atoms. The van der Waals surface area contributed by atoms with Gasteiger partial charge in [0.1, 0.15) is 11.3 Å². The second-order valence-electron chi connectivity index (χ2n) is 2.75. The maximum Gasteiger partial charge on any atom is 0.423 e. The molecule has 90 valence electrons. The van der Waals surface area contributed by atoms with Crippen LogP contribution in [0.5, 0.6) is 5.88 Å². The highest BCUT2D eigenvalue weighted by Crippen LogP contribution is 2.38. The van der Waals surface area contributed by atoms with Gasteiger partial charge >= 0.3 is 6.18 Å². The number of aromatic nitrogens is 2. The number of halogens is 4. The van der Waals surface area contributed by atoms with E-state index in [1.54, 1.807) is 0 Å². The number of ether oxygens (including phenoxy) is 1. The molecule has 0 radical (unpaired) electrons. The lowest BCUT2D eigenvalue weighted by Gasteiger charge is -2.07. The highest BCUT2D eigenvalue weighted by molar-refractivity contribution is 6.69. The van der Waals surface area contributed by atoms with Gasteiger partial charge in [-0.15, -0.1) is 5.10 Å². The first kappa shape index (κ1) is 12.6. The molecule has 0 atom stereocenters. The number of alkyl halides is 3. The fourth-order valence-electron chi connectivity index (χ4n) is 1.18. The molecule has 9 heteroatoms. The molecule has 0 unspecified atom stereocenters. The Kier molecular flexibility index (Phi) is 3.32. The summed E-state index contributed by atoms with van der Waals surface area (Å²) in [6.45, 7) is 0. The third-order valence-corrected chi connectivity index (χ3v) is 2.03. The zero-order valence-electron chi connectivity index (χ0n) is 8.21. The zero-order valence-corrected chi connectivity index (χ0v) is 8.96. The molecule has 0 bridgehead atoms. The number of rotatable bonds is 2. The van der Waals surface area contributed by atoms with Crippen molar-refractivity contribution in [1.82, 2.24) is 9.78 Å². The van der Waals surface area contributed by atoms with Crippen LogP contribution in [0.2, 0.25) is 0 Å². The van der Waals surface area contributed by atoms with Crippen LogP contribution in [0.1, 0.15) is 11.3 Å². The minimum atomic E-state index is -4.71. The van der Waals surface area contributed by atoms with E-state index in [1.807, 2.05) is 0 Å². The van der Waals surface area contributed by atoms with Crippen molar-refractivity contribution in [2.75, 3.05) is 7.11 Å². The molecule has 0 aliphatic rings. The van der Waals surface area contributed by atoms with Crippen molar-refractivity contribution in [3.63, 3.8) is 0 Å². The molecular formula is C7H7ClF3N3O2. The zero-order chi connectivity index (χ0) is 12.5. The lowest BCUT2D eigenvalue weighted by molar-refractivity contribution is -0.138. The summed E-state index contributed by atoms with van der Waals surface area (Å²) in [5, 5.41) is 13.6. The van der Waals surface area contributed by atoms with Gasteiger partial charge in [-0.1, -0.05) is 16.8 Å². The topological polar surface area (TPSA) is 59.6 Å². The average molecular weight is 258 g/mol. The van der Waals surface area contributed by atoms with Crippen molar-refractivity contribution in [3.8, 4) is 5.88 Å². The van der Waals surface area contributed by atoms with E-state index in [4.69, 9.17) is 16.8 Å². The smallest absolute Gasteiger partial charge is 0.423 e. The fraction of sp³-hybridized carbons (Fsp3) is 0.429. The molecule has 0 amide bonds. The largest absolute Gasteiger partial charge is 0.479 e. The summed E-state index contributed by atoms with van der Waals surface area (Å²) in [6.07, 6.45) is -4.71. The van der Waals surface area contributed by atoms with Crippen molar-refractivity contribution in [3.05, 3.63) is 11.3 Å². The van der Waals surface area contributed by atoms with Gasteiger partial charge < -0.3 is 9.94 Å². The molecule has 0 saturated carbocycles. The van der Waals surface area contributed by atoms with E-state index >= 15 is 0 Å². The standard InChI is InChI=1S/C7H7ClF3N3O2/c1-14-4(5(8)13-15)3(7(9,10)11)6(12-14)16-2/h15H,1-2H3. The third-order valence-electron chi connectivity index (χ3n) is 1.78. The first-order valence-electron chi connectivity index (χ1n) is 3.89. The Labute approximate surface area is 93.1 Å². The highest BCUT2D eigenvalue weighted by Gasteiger charge is 2.42. The maximum absolute atomic E-state index is 12.7. The number of methoxy groups -OCH3 is 1. The minimum Gasteiger partial charge on any atom is -0.479 e. The summed E-state index contributed by atoms with van der Waals surface area (Å²) in [4.78, 5) is 0. The monoisotopic (exact) mass is 257 g/mol. The number of oxime groups is 1. The second-order valence-corrected chi connectivity index (χ2v) is 3.10. The van der Waals surface area contributed by atoms with E-state index in [-0.39, 0.29) is 0 Å². The van der Waals surface area contributed by atoms with Crippen molar-refractivity contribution >= 4 is 16.8 Å². The molecule has 0 saturated heterocycles. The van der Waals surface area contributed by atoms with Gasteiger partial charge in [-0.05, 0) is 0 Å². The summed E-state index contributed by atoms with van der Waals surface area (Å²) in [5.74, 6) is -0.633. The lowest BCUT2D eigenvalue weighted by atomic mass is 10.2. The minimum absolute atomic E-state index is 0.562. The summed E-state index contributed by atoms with van der Waals surface area (Å²) in [7, 11) is 2.27. The van der Waals surface area contributed by atoms with Crippen LogP contribution in [-0.4, -0.2) is 27.3 Å². The SMILES string of the molecule is COc1nn(C)c(C(Cl)=NO)c1C(F)(F)F. The number of aryl methyl sites for hydroxylation is 1. The van der Waals surface area contributed by atoms with Gasteiger partial charge in [-0.25, -0.2) is 0 Å². The molecular weight excluding hydrogens is 251 g/mol. The Hall–Kier alpha value is -1.44. The van der Waals surface area contributed by atoms with E-state index in [0.717, 1.165) is 11.8 Å². The molecule has 0 aliphatic heterocycles. The van der Waals surface area contributed by atoms with E-state index < -0.39 is 28.5 Å². The third kappa shape index (κ3) is 2.06. The van der Waals surface area contributed by atoms with Crippen molar-refractivity contribution < 1.29 is 23.1 Å². The molecule has 0 aliphatic carbocycles. The summed E-state index contributed by atoms with van der Waals surface area (Å²) in [5.41, 5.74) is -1.74. The summed E-state index contributed by atoms with van der Waals surface area (Å²) in [6, 6.07) is 0. The second kappa shape index (κ2) is 4.20. The van der Waals surface area contributed by atoms with Crippen LogP contribution in [0.15, 0.2) is 5.16 Å². The molecule has 16 heavy (non-hydrogen) atoms. The van der Waals surface area contributed by atoms with Crippen LogP contribution in [0.3, 0.4) is 0 Å². The van der Waals surface area contributed by atoms with Gasteiger partial charge in [0, 0.05) is 7.05 Å². The Morgan fingerprint density at radius 1 is 1.56 bits per heavy atom. The maximum atomic E-state index is 12.7. The predicted molar refractivity (Wildman–Crippen MR) is 48.9 cm³/mol. The van der Waals surface area contributed by atoms with Gasteiger partial charge in [0.05, 0.1) is 7.11 Å². The molecule has 1 heterocycles. The summed E-state index contributed by atoms with van der Waals surface area (Å²) < 4.78 is 43.3. The lowest BCUT2D eigenvalue weighted by Crippen LogP contribution is -2.13. The van der Waals surface area contributed by atoms with Crippen LogP contribution in [0.4, 0.5) is 13.2 Å². The van der Waals surface area contributed by atoms with Crippen molar-refractivity contribution in [1.29, 1.82) is 0 Å². The molecule has 1 aromatic rings. The highest BCUT2D eigenvalue weighted by atomic mass is 35.5. The van der Waals surface area contributed by atoms with Gasteiger partial charge in [0.2, 0.25) is 5.88 Å². The Morgan fingerprint density at radius 3 is 2.50 bits per heavy atom. The van der Waals surface area contributed by atoms with E-state index in [2.05, 4.69) is 15.0 Å². The van der Waals surface area contributed by atoms with E-state index in [1.165, 1.54) is 7.05 Å². The normalized spacial score (nSPS) is 13.0. The van der Waals surface area contributed by atoms with Crippen LogP contribution >= 0.6 is 11.6 Å². The van der Waals surface area contributed by atoms with Crippen LogP contribution in [0, 0.1) is 0 Å². The molecule has 0 aromatic carbocycles. The summed E-state index contributed by atoms with van der Waals surface area (Å²) >= 11 is 5.36. The van der Waals surface area contributed by atoms with Crippen LogP contribution in [-0.2, 0) is 13.2 Å². The van der Waals surface area contributed by atoms with Gasteiger partial charge in [0.25, 0.3) is 0 Å². The Balaban J connectivity index is 3.53. The van der Waals surface area contributed by atoms with Crippen molar-refractivity contribution in [2.45, 2.75) is 6.18 Å². The van der Waals surface area contributed by atoms with E-state index in [9.17, 15) is 13.2 Å². The van der Waals surface area contributed by atoms with Gasteiger partial charge in [0.15, 0.2) is 5.17 Å². The molecule has 5 nitrogen and oxygen atoms in total. The average Bonchev–Trinajstić information content (AvgIpc) is 2.53. The molecule has 0 fully saturated rings. The first-order valence-corrected chi connectivity index (χ1v) is 4.26. The number of nitrogens with zero attached hydrogens (tertiary/aromatic N) is 3. The van der Waals surface area contributed by atoms with Crippen molar-refractivity contribution in [2.24, 2.45) is 12.2 Å². The fourth-order valence-corrected chi connectivity index (χ4v) is 1.40. The Bertz CT molecular complexity index is 427. The molecule has 1 rings (SSSR count). The van der Waals surface area contributed by atoms with Crippen LogP contribution < -0.4 is 4.74 Å². The number of hydrogen-bond acceptors (Lipinski definition) is 4. The number of hydrogen-bond donors (Lipinski definition) is 1. The van der Waals surface area contributed by atoms with Gasteiger partial charge in [-0.3, -0.25) is 4.68 Å². The Morgan fingerprint density at radius 2 is 2.12 bits per heavy atom.